The molecule has 1 aliphatic heterocycles. The van der Waals surface area contributed by atoms with Gasteiger partial charge in [-0.15, -0.1) is 0 Å². The Morgan fingerprint density at radius 3 is 2.80 bits per heavy atom. The Labute approximate surface area is 97.7 Å². The molecule has 1 aliphatic rings. The Balaban J connectivity index is 2.68. The Bertz CT molecular complexity index is 185. The van der Waals surface area contributed by atoms with Crippen molar-refractivity contribution in [3.8, 4) is 0 Å². The minimum Gasteiger partial charge on any atom is -0.383 e. The normalized spacial score (nSPS) is 27.6. The molecule has 3 nitrogen and oxygen atoms in total. The van der Waals surface area contributed by atoms with Crippen LogP contribution in [0.4, 0.5) is 0 Å². The fraction of sp³-hybridized carbons (Fsp3) is 1.00. The van der Waals surface area contributed by atoms with Crippen molar-refractivity contribution >= 4 is 11.8 Å². The second kappa shape index (κ2) is 6.09. The summed E-state index contributed by atoms with van der Waals surface area (Å²) in [6.45, 7) is 8.22. The molecule has 0 aromatic heterocycles. The third-order valence-electron chi connectivity index (χ3n) is 3.36. The van der Waals surface area contributed by atoms with Gasteiger partial charge >= 0.3 is 0 Å². The third-order valence-corrected chi connectivity index (χ3v) is 4.50. The number of nitrogens with zero attached hydrogens (tertiary/aromatic N) is 1. The molecule has 2 atom stereocenters. The summed E-state index contributed by atoms with van der Waals surface area (Å²) >= 11 is 2.05. The maximum Gasteiger partial charge on any atom is 0.0658 e. The summed E-state index contributed by atoms with van der Waals surface area (Å²) in [5.74, 6) is 1.21. The van der Waals surface area contributed by atoms with Gasteiger partial charge in [-0.3, -0.25) is 4.90 Å². The van der Waals surface area contributed by atoms with Crippen LogP contribution in [-0.4, -0.2) is 54.8 Å². The Morgan fingerprint density at radius 2 is 2.33 bits per heavy atom. The second-order valence-corrected chi connectivity index (χ2v) is 5.89. The van der Waals surface area contributed by atoms with Gasteiger partial charge in [0, 0.05) is 37.7 Å². The van der Waals surface area contributed by atoms with Crippen LogP contribution in [-0.2, 0) is 4.74 Å². The average molecular weight is 232 g/mol. The van der Waals surface area contributed by atoms with Gasteiger partial charge in [0.25, 0.3) is 0 Å². The molecule has 2 unspecified atom stereocenters. The van der Waals surface area contributed by atoms with Crippen molar-refractivity contribution in [3.05, 3.63) is 0 Å². The zero-order chi connectivity index (χ0) is 11.3. The molecule has 0 radical (unpaired) electrons. The summed E-state index contributed by atoms with van der Waals surface area (Å²) in [6, 6.07) is 0. The minimum absolute atomic E-state index is 0.0595. The van der Waals surface area contributed by atoms with Crippen LogP contribution in [0.1, 0.15) is 20.3 Å². The second-order valence-electron chi connectivity index (χ2n) is 4.34. The quantitative estimate of drug-likeness (QED) is 0.772. The van der Waals surface area contributed by atoms with Crippen molar-refractivity contribution in [2.45, 2.75) is 31.1 Å². The topological polar surface area (TPSA) is 38.5 Å². The van der Waals surface area contributed by atoms with Crippen LogP contribution in [0.15, 0.2) is 0 Å². The van der Waals surface area contributed by atoms with E-state index in [0.29, 0.717) is 11.8 Å². The maximum absolute atomic E-state index is 5.95. The number of ether oxygens (including phenoxy) is 1. The van der Waals surface area contributed by atoms with E-state index >= 15 is 0 Å². The molecule has 0 spiro atoms. The average Bonchev–Trinajstić information content (AvgIpc) is 2.26. The minimum atomic E-state index is 0.0595. The lowest BCUT2D eigenvalue weighted by Gasteiger charge is -2.45. The van der Waals surface area contributed by atoms with E-state index in [1.165, 1.54) is 5.75 Å². The molecule has 15 heavy (non-hydrogen) atoms. The summed E-state index contributed by atoms with van der Waals surface area (Å²) in [5, 5.41) is 0.716. The number of hydrogen-bond acceptors (Lipinski definition) is 4. The SMILES string of the molecule is CCC(CN)(COC)N1CCSC(C)C1. The standard InChI is InChI=1S/C11H24N2OS/c1-4-11(8-12,9-14-3)13-5-6-15-10(2)7-13/h10H,4-9,12H2,1-3H3. The van der Waals surface area contributed by atoms with Crippen molar-refractivity contribution in [1.29, 1.82) is 0 Å². The van der Waals surface area contributed by atoms with Crippen LogP contribution >= 0.6 is 11.8 Å². The summed E-state index contributed by atoms with van der Waals surface area (Å²) in [6.07, 6.45) is 1.06. The Hall–Kier alpha value is 0.230. The highest BCUT2D eigenvalue weighted by Crippen LogP contribution is 2.26. The van der Waals surface area contributed by atoms with E-state index in [-0.39, 0.29) is 5.54 Å². The number of hydrogen-bond donors (Lipinski definition) is 1. The lowest BCUT2D eigenvalue weighted by atomic mass is 9.94. The molecule has 1 rings (SSSR count). The van der Waals surface area contributed by atoms with Crippen molar-refractivity contribution in [2.24, 2.45) is 5.73 Å². The van der Waals surface area contributed by atoms with Gasteiger partial charge in [0.15, 0.2) is 0 Å². The molecule has 2 N–H and O–H groups in total. The molecule has 0 aromatic rings. The predicted molar refractivity (Wildman–Crippen MR) is 67.4 cm³/mol. The maximum atomic E-state index is 5.95. The van der Waals surface area contributed by atoms with E-state index in [4.69, 9.17) is 10.5 Å². The van der Waals surface area contributed by atoms with E-state index in [0.717, 1.165) is 26.1 Å². The van der Waals surface area contributed by atoms with Gasteiger partial charge in [0.2, 0.25) is 0 Å². The lowest BCUT2D eigenvalue weighted by molar-refractivity contribution is 0.0144. The van der Waals surface area contributed by atoms with Crippen LogP contribution in [0.3, 0.4) is 0 Å². The monoisotopic (exact) mass is 232 g/mol. The molecule has 0 aromatic carbocycles. The first kappa shape index (κ1) is 13.3. The highest BCUT2D eigenvalue weighted by atomic mass is 32.2. The zero-order valence-corrected chi connectivity index (χ0v) is 11.0. The van der Waals surface area contributed by atoms with E-state index in [2.05, 4.69) is 30.5 Å². The van der Waals surface area contributed by atoms with Crippen LogP contribution in [0.5, 0.6) is 0 Å². The van der Waals surface area contributed by atoms with Crippen molar-refractivity contribution in [3.63, 3.8) is 0 Å². The zero-order valence-electron chi connectivity index (χ0n) is 10.2. The fourth-order valence-corrected chi connectivity index (χ4v) is 3.28. The number of rotatable bonds is 5. The highest BCUT2D eigenvalue weighted by Gasteiger charge is 2.36. The van der Waals surface area contributed by atoms with Gasteiger partial charge in [-0.2, -0.15) is 11.8 Å². The first-order valence-electron chi connectivity index (χ1n) is 5.74. The fourth-order valence-electron chi connectivity index (χ4n) is 2.27. The summed E-state index contributed by atoms with van der Waals surface area (Å²) in [7, 11) is 1.77. The number of nitrogens with two attached hydrogens (primary N) is 1. The van der Waals surface area contributed by atoms with Gasteiger partial charge in [0.05, 0.1) is 12.1 Å². The first-order valence-corrected chi connectivity index (χ1v) is 6.79. The molecule has 1 heterocycles. The number of methoxy groups -OCH3 is 1. The Kier molecular flexibility index (Phi) is 5.39. The van der Waals surface area contributed by atoms with Gasteiger partial charge in [0.1, 0.15) is 0 Å². The van der Waals surface area contributed by atoms with Crippen LogP contribution in [0.2, 0.25) is 0 Å². The highest BCUT2D eigenvalue weighted by molar-refractivity contribution is 7.99. The van der Waals surface area contributed by atoms with Crippen molar-refractivity contribution in [2.75, 3.05) is 39.1 Å². The summed E-state index contributed by atoms with van der Waals surface area (Å²) in [4.78, 5) is 2.53. The van der Waals surface area contributed by atoms with Gasteiger partial charge in [-0.05, 0) is 6.42 Å². The van der Waals surface area contributed by atoms with E-state index in [1.807, 2.05) is 0 Å². The molecular formula is C11H24N2OS. The van der Waals surface area contributed by atoms with Gasteiger partial charge in [-0.1, -0.05) is 13.8 Å². The predicted octanol–water partition coefficient (Wildman–Crippen LogP) is 1.18. The molecule has 0 saturated carbocycles. The number of thioether (sulfide) groups is 1. The van der Waals surface area contributed by atoms with Crippen LogP contribution in [0, 0.1) is 0 Å². The molecule has 4 heteroatoms. The van der Waals surface area contributed by atoms with Gasteiger partial charge in [-0.25, -0.2) is 0 Å². The van der Waals surface area contributed by atoms with E-state index in [9.17, 15) is 0 Å². The van der Waals surface area contributed by atoms with Gasteiger partial charge < -0.3 is 10.5 Å². The molecule has 90 valence electrons. The largest absolute Gasteiger partial charge is 0.383 e. The van der Waals surface area contributed by atoms with Crippen LogP contribution < -0.4 is 5.73 Å². The molecule has 0 aliphatic carbocycles. The Morgan fingerprint density at radius 1 is 1.60 bits per heavy atom. The van der Waals surface area contributed by atoms with Crippen molar-refractivity contribution < 1.29 is 4.74 Å². The summed E-state index contributed by atoms with van der Waals surface area (Å²) in [5.41, 5.74) is 6.01. The third kappa shape index (κ3) is 3.09. The smallest absolute Gasteiger partial charge is 0.0658 e. The molecule has 0 bridgehead atoms. The van der Waals surface area contributed by atoms with E-state index in [1.54, 1.807) is 7.11 Å². The van der Waals surface area contributed by atoms with Crippen LogP contribution in [0.25, 0.3) is 0 Å². The summed E-state index contributed by atoms with van der Waals surface area (Å²) < 4.78 is 5.35. The molecule has 1 fully saturated rings. The first-order chi connectivity index (χ1) is 7.18. The van der Waals surface area contributed by atoms with E-state index < -0.39 is 0 Å². The molecule has 1 saturated heterocycles. The van der Waals surface area contributed by atoms with Crippen molar-refractivity contribution in [1.82, 2.24) is 4.90 Å². The lowest BCUT2D eigenvalue weighted by Crippen LogP contribution is -2.59. The molecular weight excluding hydrogens is 208 g/mol. The molecule has 0 amide bonds.